The molecular formula is C13H28N2O2. The predicted molar refractivity (Wildman–Crippen MR) is 70.5 cm³/mol. The largest absolute Gasteiger partial charge is 0.380 e. The van der Waals surface area contributed by atoms with Gasteiger partial charge in [0.2, 0.25) is 0 Å². The molecule has 0 radical (unpaired) electrons. The van der Waals surface area contributed by atoms with Crippen LogP contribution in [0.5, 0.6) is 0 Å². The molecule has 0 amide bonds. The maximum absolute atomic E-state index is 5.59. The minimum Gasteiger partial charge on any atom is -0.380 e. The van der Waals surface area contributed by atoms with E-state index in [0.29, 0.717) is 0 Å². The van der Waals surface area contributed by atoms with Crippen molar-refractivity contribution in [2.24, 2.45) is 0 Å². The average Bonchev–Trinajstić information content (AvgIpc) is 2.34. The minimum atomic E-state index is 0.0591. The minimum absolute atomic E-state index is 0.0591. The predicted octanol–water partition coefficient (Wildman–Crippen LogP) is 1.11. The van der Waals surface area contributed by atoms with Gasteiger partial charge in [0.1, 0.15) is 0 Å². The fourth-order valence-electron chi connectivity index (χ4n) is 2.32. The van der Waals surface area contributed by atoms with Gasteiger partial charge < -0.3 is 14.8 Å². The van der Waals surface area contributed by atoms with E-state index in [9.17, 15) is 0 Å². The van der Waals surface area contributed by atoms with Gasteiger partial charge in [0.15, 0.2) is 0 Å². The van der Waals surface area contributed by atoms with Crippen molar-refractivity contribution in [2.75, 3.05) is 53.0 Å². The fourth-order valence-corrected chi connectivity index (χ4v) is 2.32. The molecule has 17 heavy (non-hydrogen) atoms. The lowest BCUT2D eigenvalue weighted by molar-refractivity contribution is -0.0502. The van der Waals surface area contributed by atoms with Crippen LogP contribution in [-0.4, -0.2) is 63.5 Å². The van der Waals surface area contributed by atoms with Gasteiger partial charge in [0, 0.05) is 39.9 Å². The monoisotopic (exact) mass is 244 g/mol. The molecule has 1 fully saturated rings. The standard InChI is InChI=1S/C13H28N2O2/c1-4-17-11-8-14-7-10-15-9-5-6-13(2,12-15)16-3/h14H,4-12H2,1-3H3. The van der Waals surface area contributed by atoms with E-state index in [0.717, 1.165) is 39.4 Å². The molecule has 1 unspecified atom stereocenters. The van der Waals surface area contributed by atoms with E-state index in [1.165, 1.54) is 19.4 Å². The Kier molecular flexibility index (Phi) is 7.04. The highest BCUT2D eigenvalue weighted by Gasteiger charge is 2.30. The lowest BCUT2D eigenvalue weighted by atomic mass is 9.95. The summed E-state index contributed by atoms with van der Waals surface area (Å²) in [6.45, 7) is 11.2. The van der Waals surface area contributed by atoms with Crippen LogP contribution in [0.3, 0.4) is 0 Å². The third kappa shape index (κ3) is 5.82. The molecule has 1 N–H and O–H groups in total. The number of methoxy groups -OCH3 is 1. The van der Waals surface area contributed by atoms with E-state index in [1.54, 1.807) is 0 Å². The second-order valence-corrected chi connectivity index (χ2v) is 4.98. The Morgan fingerprint density at radius 2 is 2.18 bits per heavy atom. The van der Waals surface area contributed by atoms with Crippen molar-refractivity contribution >= 4 is 0 Å². The Bertz CT molecular complexity index is 202. The summed E-state index contributed by atoms with van der Waals surface area (Å²) in [6, 6.07) is 0. The molecule has 1 aliphatic heterocycles. The van der Waals surface area contributed by atoms with Crippen LogP contribution in [0.2, 0.25) is 0 Å². The van der Waals surface area contributed by atoms with E-state index in [1.807, 2.05) is 14.0 Å². The van der Waals surface area contributed by atoms with Gasteiger partial charge >= 0.3 is 0 Å². The molecular weight excluding hydrogens is 216 g/mol. The molecule has 4 nitrogen and oxygen atoms in total. The first-order valence-electron chi connectivity index (χ1n) is 6.76. The number of hydrogen-bond donors (Lipinski definition) is 1. The molecule has 1 aliphatic rings. The van der Waals surface area contributed by atoms with Crippen LogP contribution in [0.4, 0.5) is 0 Å². The summed E-state index contributed by atoms with van der Waals surface area (Å²) in [4.78, 5) is 2.49. The van der Waals surface area contributed by atoms with Crippen molar-refractivity contribution < 1.29 is 9.47 Å². The van der Waals surface area contributed by atoms with Crippen molar-refractivity contribution in [1.82, 2.24) is 10.2 Å². The van der Waals surface area contributed by atoms with Gasteiger partial charge in [-0.05, 0) is 33.2 Å². The van der Waals surface area contributed by atoms with Crippen LogP contribution < -0.4 is 5.32 Å². The second-order valence-electron chi connectivity index (χ2n) is 4.98. The maximum atomic E-state index is 5.59. The zero-order valence-corrected chi connectivity index (χ0v) is 11.6. The topological polar surface area (TPSA) is 33.7 Å². The van der Waals surface area contributed by atoms with Crippen LogP contribution in [0.15, 0.2) is 0 Å². The van der Waals surface area contributed by atoms with Crippen LogP contribution in [0.25, 0.3) is 0 Å². The molecule has 1 atom stereocenters. The average molecular weight is 244 g/mol. The Morgan fingerprint density at radius 3 is 2.88 bits per heavy atom. The molecule has 1 rings (SSSR count). The maximum Gasteiger partial charge on any atom is 0.0777 e. The van der Waals surface area contributed by atoms with E-state index in [-0.39, 0.29) is 5.60 Å². The first-order chi connectivity index (χ1) is 8.20. The summed E-state index contributed by atoms with van der Waals surface area (Å²) in [6.07, 6.45) is 2.42. The number of hydrogen-bond acceptors (Lipinski definition) is 4. The zero-order chi connectivity index (χ0) is 12.6. The number of nitrogens with zero attached hydrogens (tertiary/aromatic N) is 1. The highest BCUT2D eigenvalue weighted by Crippen LogP contribution is 2.23. The van der Waals surface area contributed by atoms with Gasteiger partial charge in [-0.1, -0.05) is 0 Å². The lowest BCUT2D eigenvalue weighted by Gasteiger charge is -2.39. The zero-order valence-electron chi connectivity index (χ0n) is 11.6. The molecule has 0 aliphatic carbocycles. The summed E-state index contributed by atoms with van der Waals surface area (Å²) in [5, 5.41) is 3.41. The SMILES string of the molecule is CCOCCNCCN1CCCC(C)(OC)C1. The van der Waals surface area contributed by atoms with Gasteiger partial charge in [-0.25, -0.2) is 0 Å². The van der Waals surface area contributed by atoms with Crippen LogP contribution in [-0.2, 0) is 9.47 Å². The summed E-state index contributed by atoms with van der Waals surface area (Å²) in [5.41, 5.74) is 0.0591. The second kappa shape index (κ2) is 8.03. The Morgan fingerprint density at radius 1 is 1.35 bits per heavy atom. The van der Waals surface area contributed by atoms with Crippen molar-refractivity contribution in [3.63, 3.8) is 0 Å². The molecule has 1 saturated heterocycles. The summed E-state index contributed by atoms with van der Waals surface area (Å²) >= 11 is 0. The van der Waals surface area contributed by atoms with E-state index in [2.05, 4.69) is 17.1 Å². The van der Waals surface area contributed by atoms with Crippen LogP contribution in [0.1, 0.15) is 26.7 Å². The molecule has 0 saturated carbocycles. The smallest absolute Gasteiger partial charge is 0.0777 e. The van der Waals surface area contributed by atoms with Crippen LogP contribution in [0, 0.1) is 0 Å². The molecule has 0 aromatic carbocycles. The van der Waals surface area contributed by atoms with Gasteiger partial charge in [0.25, 0.3) is 0 Å². The summed E-state index contributed by atoms with van der Waals surface area (Å²) in [5.74, 6) is 0. The van der Waals surface area contributed by atoms with Crippen molar-refractivity contribution in [1.29, 1.82) is 0 Å². The van der Waals surface area contributed by atoms with Gasteiger partial charge in [-0.2, -0.15) is 0 Å². The van der Waals surface area contributed by atoms with Crippen molar-refractivity contribution in [3.05, 3.63) is 0 Å². The third-order valence-electron chi connectivity index (χ3n) is 3.46. The van der Waals surface area contributed by atoms with E-state index in [4.69, 9.17) is 9.47 Å². The van der Waals surface area contributed by atoms with Crippen molar-refractivity contribution in [3.8, 4) is 0 Å². The Hall–Kier alpha value is -0.160. The fraction of sp³-hybridized carbons (Fsp3) is 1.00. The Labute approximate surface area is 106 Å². The number of nitrogens with one attached hydrogen (secondary N) is 1. The van der Waals surface area contributed by atoms with E-state index < -0.39 is 0 Å². The summed E-state index contributed by atoms with van der Waals surface area (Å²) in [7, 11) is 1.82. The summed E-state index contributed by atoms with van der Waals surface area (Å²) < 4.78 is 10.9. The number of likely N-dealkylation sites (tertiary alicyclic amines) is 1. The number of ether oxygens (including phenoxy) is 2. The molecule has 102 valence electrons. The lowest BCUT2D eigenvalue weighted by Crippen LogP contribution is -2.49. The Balaban J connectivity index is 2.06. The highest BCUT2D eigenvalue weighted by molar-refractivity contribution is 4.84. The molecule has 0 spiro atoms. The normalized spacial score (nSPS) is 26.3. The molecule has 4 heteroatoms. The van der Waals surface area contributed by atoms with Crippen molar-refractivity contribution in [2.45, 2.75) is 32.3 Å². The van der Waals surface area contributed by atoms with Crippen LogP contribution >= 0.6 is 0 Å². The van der Waals surface area contributed by atoms with Gasteiger partial charge in [-0.3, -0.25) is 4.90 Å². The molecule has 1 heterocycles. The van der Waals surface area contributed by atoms with Gasteiger partial charge in [0.05, 0.1) is 12.2 Å². The molecule has 0 aromatic rings. The number of piperidine rings is 1. The molecule has 0 bridgehead atoms. The molecule has 0 aromatic heterocycles. The quantitative estimate of drug-likeness (QED) is 0.649. The third-order valence-corrected chi connectivity index (χ3v) is 3.46. The first-order valence-corrected chi connectivity index (χ1v) is 6.76. The van der Waals surface area contributed by atoms with E-state index >= 15 is 0 Å². The highest BCUT2D eigenvalue weighted by atomic mass is 16.5. The number of rotatable bonds is 8. The van der Waals surface area contributed by atoms with Gasteiger partial charge in [-0.15, -0.1) is 0 Å². The first kappa shape index (κ1) is 14.9.